The van der Waals surface area contributed by atoms with Gasteiger partial charge in [-0.25, -0.2) is 4.79 Å². The Morgan fingerprint density at radius 1 is 1.69 bits per heavy atom. The van der Waals surface area contributed by atoms with E-state index in [0.29, 0.717) is 22.6 Å². The van der Waals surface area contributed by atoms with Gasteiger partial charge < -0.3 is 9.63 Å². The second-order valence-corrected chi connectivity index (χ2v) is 3.96. The summed E-state index contributed by atoms with van der Waals surface area (Å²) < 4.78 is 5.34. The highest BCUT2D eigenvalue weighted by molar-refractivity contribution is 9.10. The van der Waals surface area contributed by atoms with Crippen LogP contribution in [-0.2, 0) is 6.42 Å². The molecule has 0 amide bonds. The van der Waals surface area contributed by atoms with Gasteiger partial charge in [-0.2, -0.15) is 0 Å². The lowest BCUT2D eigenvalue weighted by Crippen LogP contribution is -1.98. The minimum absolute atomic E-state index is 0.0596. The topological polar surface area (TPSA) is 63.3 Å². The van der Waals surface area contributed by atoms with Gasteiger partial charge in [0, 0.05) is 6.42 Å². The molecule has 72 valence electrons. The van der Waals surface area contributed by atoms with Crippen molar-refractivity contribution in [3.05, 3.63) is 15.9 Å². The van der Waals surface area contributed by atoms with Crippen molar-refractivity contribution in [1.82, 2.24) is 5.16 Å². The van der Waals surface area contributed by atoms with Gasteiger partial charge in [0.25, 0.3) is 0 Å². The SMILES string of the molecule is CC(C)Cc1onc(C(=O)O)c1Br. The first-order valence-electron chi connectivity index (χ1n) is 3.89. The maximum Gasteiger partial charge on any atom is 0.359 e. The van der Waals surface area contributed by atoms with E-state index in [1.807, 2.05) is 13.8 Å². The summed E-state index contributed by atoms with van der Waals surface area (Å²) in [4.78, 5) is 10.6. The molecule has 0 spiro atoms. The Balaban J connectivity index is 2.93. The normalized spacial score (nSPS) is 10.8. The Kier molecular flexibility index (Phi) is 3.08. The van der Waals surface area contributed by atoms with Gasteiger partial charge in [0.05, 0.1) is 4.47 Å². The molecule has 0 saturated carbocycles. The third-order valence-electron chi connectivity index (χ3n) is 1.50. The van der Waals surface area contributed by atoms with Crippen LogP contribution in [-0.4, -0.2) is 16.2 Å². The summed E-state index contributed by atoms with van der Waals surface area (Å²) in [5.41, 5.74) is -0.0596. The van der Waals surface area contributed by atoms with E-state index in [-0.39, 0.29) is 5.69 Å². The predicted octanol–water partition coefficient (Wildman–Crippen LogP) is 2.33. The van der Waals surface area contributed by atoms with E-state index in [4.69, 9.17) is 9.63 Å². The summed E-state index contributed by atoms with van der Waals surface area (Å²) in [5.74, 6) is -0.0797. The van der Waals surface area contributed by atoms with Crippen LogP contribution in [0.4, 0.5) is 0 Å². The number of aromatic carboxylic acids is 1. The molecule has 0 aromatic carbocycles. The van der Waals surface area contributed by atoms with Crippen molar-refractivity contribution in [3.8, 4) is 0 Å². The van der Waals surface area contributed by atoms with E-state index in [2.05, 4.69) is 21.1 Å². The molecular weight excluding hydrogens is 238 g/mol. The maximum absolute atomic E-state index is 10.6. The van der Waals surface area contributed by atoms with Crippen LogP contribution < -0.4 is 0 Å². The molecule has 0 aliphatic carbocycles. The monoisotopic (exact) mass is 247 g/mol. The zero-order chi connectivity index (χ0) is 10.0. The van der Waals surface area contributed by atoms with Crippen molar-refractivity contribution >= 4 is 21.9 Å². The molecule has 0 atom stereocenters. The minimum Gasteiger partial charge on any atom is -0.476 e. The van der Waals surface area contributed by atoms with E-state index in [0.717, 1.165) is 0 Å². The molecule has 0 saturated heterocycles. The summed E-state index contributed by atoms with van der Waals surface area (Å²) in [7, 11) is 0. The average molecular weight is 248 g/mol. The van der Waals surface area contributed by atoms with Crippen molar-refractivity contribution in [1.29, 1.82) is 0 Å². The lowest BCUT2D eigenvalue weighted by molar-refractivity contribution is 0.0685. The van der Waals surface area contributed by atoms with E-state index >= 15 is 0 Å². The molecule has 1 N–H and O–H groups in total. The van der Waals surface area contributed by atoms with Crippen LogP contribution in [0.1, 0.15) is 30.1 Å². The van der Waals surface area contributed by atoms with Crippen LogP contribution in [0.5, 0.6) is 0 Å². The number of carboxylic acids is 1. The Hall–Kier alpha value is -0.840. The number of rotatable bonds is 3. The molecule has 0 unspecified atom stereocenters. The molecule has 0 fully saturated rings. The van der Waals surface area contributed by atoms with Crippen molar-refractivity contribution < 1.29 is 14.4 Å². The summed E-state index contributed by atoms with van der Waals surface area (Å²) in [6.07, 6.45) is 0.681. The van der Waals surface area contributed by atoms with Crippen molar-refractivity contribution in [2.75, 3.05) is 0 Å². The van der Waals surface area contributed by atoms with Crippen molar-refractivity contribution in [3.63, 3.8) is 0 Å². The zero-order valence-corrected chi connectivity index (χ0v) is 8.96. The predicted molar refractivity (Wildman–Crippen MR) is 49.7 cm³/mol. The molecule has 0 aliphatic heterocycles. The first-order chi connectivity index (χ1) is 6.02. The second kappa shape index (κ2) is 3.91. The van der Waals surface area contributed by atoms with Gasteiger partial charge in [-0.05, 0) is 21.8 Å². The van der Waals surface area contributed by atoms with Gasteiger partial charge in [0.1, 0.15) is 0 Å². The standard InChI is InChI=1S/C8H10BrNO3/c1-4(2)3-5-6(9)7(8(11)12)10-13-5/h4H,3H2,1-2H3,(H,11,12). The molecule has 0 bridgehead atoms. The molecule has 1 aromatic rings. The van der Waals surface area contributed by atoms with E-state index in [9.17, 15) is 4.79 Å². The fraction of sp³-hybridized carbons (Fsp3) is 0.500. The van der Waals surface area contributed by atoms with Crippen LogP contribution in [0.2, 0.25) is 0 Å². The number of carboxylic acid groups (broad SMARTS) is 1. The molecule has 0 radical (unpaired) electrons. The van der Waals surface area contributed by atoms with E-state index in [1.165, 1.54) is 0 Å². The molecule has 1 rings (SSSR count). The maximum atomic E-state index is 10.6. The fourth-order valence-corrected chi connectivity index (χ4v) is 1.42. The zero-order valence-electron chi connectivity index (χ0n) is 7.37. The Morgan fingerprint density at radius 3 is 2.69 bits per heavy atom. The summed E-state index contributed by atoms with van der Waals surface area (Å²) in [6.45, 7) is 4.05. The number of carbonyl (C=O) groups is 1. The molecule has 13 heavy (non-hydrogen) atoms. The quantitative estimate of drug-likeness (QED) is 0.891. The molecule has 0 aliphatic rings. The van der Waals surface area contributed by atoms with Crippen LogP contribution in [0.25, 0.3) is 0 Å². The van der Waals surface area contributed by atoms with Gasteiger partial charge in [-0.3, -0.25) is 0 Å². The van der Waals surface area contributed by atoms with Crippen LogP contribution in [0.3, 0.4) is 0 Å². The van der Waals surface area contributed by atoms with E-state index in [1.54, 1.807) is 0 Å². The lowest BCUT2D eigenvalue weighted by atomic mass is 10.1. The van der Waals surface area contributed by atoms with Gasteiger partial charge in [0.2, 0.25) is 5.69 Å². The molecule has 5 heteroatoms. The first-order valence-corrected chi connectivity index (χ1v) is 4.69. The van der Waals surface area contributed by atoms with Gasteiger partial charge in [0.15, 0.2) is 5.76 Å². The lowest BCUT2D eigenvalue weighted by Gasteiger charge is -1.98. The Morgan fingerprint density at radius 2 is 2.31 bits per heavy atom. The summed E-state index contributed by atoms with van der Waals surface area (Å²) in [5, 5.41) is 12.1. The summed E-state index contributed by atoms with van der Waals surface area (Å²) >= 11 is 3.14. The smallest absolute Gasteiger partial charge is 0.359 e. The largest absolute Gasteiger partial charge is 0.476 e. The van der Waals surface area contributed by atoms with Crippen molar-refractivity contribution in [2.45, 2.75) is 20.3 Å². The first kappa shape index (κ1) is 10.2. The number of hydrogen-bond acceptors (Lipinski definition) is 3. The molecular formula is C8H10BrNO3. The number of aromatic nitrogens is 1. The average Bonchev–Trinajstić information content (AvgIpc) is 2.32. The third-order valence-corrected chi connectivity index (χ3v) is 2.31. The van der Waals surface area contributed by atoms with Crippen LogP contribution in [0.15, 0.2) is 9.00 Å². The molecule has 1 aromatic heterocycles. The van der Waals surface area contributed by atoms with Gasteiger partial charge >= 0.3 is 5.97 Å². The number of halogens is 1. The van der Waals surface area contributed by atoms with Crippen LogP contribution >= 0.6 is 15.9 Å². The highest BCUT2D eigenvalue weighted by atomic mass is 79.9. The Labute approximate surface area is 84.0 Å². The van der Waals surface area contributed by atoms with E-state index < -0.39 is 5.97 Å². The fourth-order valence-electron chi connectivity index (χ4n) is 0.944. The van der Waals surface area contributed by atoms with Gasteiger partial charge in [-0.15, -0.1) is 0 Å². The van der Waals surface area contributed by atoms with Crippen LogP contribution in [0, 0.1) is 5.92 Å². The second-order valence-electron chi connectivity index (χ2n) is 3.17. The minimum atomic E-state index is -1.08. The number of nitrogens with zero attached hydrogens (tertiary/aromatic N) is 1. The third kappa shape index (κ3) is 2.30. The Bertz CT molecular complexity index is 319. The highest BCUT2D eigenvalue weighted by Crippen LogP contribution is 2.23. The summed E-state index contributed by atoms with van der Waals surface area (Å²) in [6, 6.07) is 0. The highest BCUT2D eigenvalue weighted by Gasteiger charge is 2.19. The van der Waals surface area contributed by atoms with Crippen molar-refractivity contribution in [2.24, 2.45) is 5.92 Å². The number of hydrogen-bond donors (Lipinski definition) is 1. The molecule has 4 nitrogen and oxygen atoms in total. The van der Waals surface area contributed by atoms with Gasteiger partial charge in [-0.1, -0.05) is 19.0 Å². The molecule has 1 heterocycles.